The van der Waals surface area contributed by atoms with E-state index < -0.39 is 5.41 Å². The first-order chi connectivity index (χ1) is 12.1. The molecule has 25 heavy (non-hydrogen) atoms. The van der Waals surface area contributed by atoms with Gasteiger partial charge in [-0.05, 0) is 31.9 Å². The van der Waals surface area contributed by atoms with Crippen molar-refractivity contribution in [3.8, 4) is 0 Å². The Morgan fingerprint density at radius 3 is 3.16 bits per heavy atom. The summed E-state index contributed by atoms with van der Waals surface area (Å²) in [5.74, 6) is 1.53. The van der Waals surface area contributed by atoms with Gasteiger partial charge in [0.15, 0.2) is 0 Å². The first-order valence-corrected chi connectivity index (χ1v) is 8.85. The van der Waals surface area contributed by atoms with E-state index in [0.717, 1.165) is 12.4 Å². The Labute approximate surface area is 146 Å². The molecule has 0 radical (unpaired) electrons. The molecule has 6 nitrogen and oxygen atoms in total. The lowest BCUT2D eigenvalue weighted by atomic mass is 9.73. The minimum absolute atomic E-state index is 0.0670. The maximum absolute atomic E-state index is 13.7. The number of carbonyl (C=O) groups excluding carboxylic acids is 1. The third-order valence-corrected chi connectivity index (χ3v) is 5.61. The lowest BCUT2D eigenvalue weighted by Gasteiger charge is -2.41. The highest BCUT2D eigenvalue weighted by Crippen LogP contribution is 2.45. The molecule has 1 amide bonds. The van der Waals surface area contributed by atoms with Gasteiger partial charge in [-0.1, -0.05) is 0 Å². The van der Waals surface area contributed by atoms with Crippen LogP contribution in [0.1, 0.15) is 18.7 Å². The Balaban J connectivity index is 1.61. The molecule has 2 atom stereocenters. The van der Waals surface area contributed by atoms with Gasteiger partial charge in [-0.3, -0.25) is 4.79 Å². The molecule has 2 unspecified atom stereocenters. The van der Waals surface area contributed by atoms with Gasteiger partial charge in [0, 0.05) is 38.4 Å². The van der Waals surface area contributed by atoms with E-state index in [1.54, 1.807) is 17.2 Å². The maximum atomic E-state index is 13.7. The summed E-state index contributed by atoms with van der Waals surface area (Å²) < 4.78 is 19.4. The van der Waals surface area contributed by atoms with E-state index in [1.165, 1.54) is 0 Å². The number of anilines is 1. The molecule has 0 aliphatic carbocycles. The normalized spacial score (nSPS) is 29.4. The van der Waals surface area contributed by atoms with Crippen LogP contribution in [0.3, 0.4) is 0 Å². The van der Waals surface area contributed by atoms with E-state index in [4.69, 9.17) is 4.74 Å². The lowest BCUT2D eigenvalue weighted by Crippen LogP contribution is -2.53. The SMILES string of the molecule is Cc1nccc(N2CC3COCCC3(C(=O)N3CCC=C(F)C3)C2)n1. The highest BCUT2D eigenvalue weighted by Gasteiger charge is 2.55. The van der Waals surface area contributed by atoms with Crippen molar-refractivity contribution in [2.24, 2.45) is 11.3 Å². The number of rotatable bonds is 2. The molecule has 0 aromatic carbocycles. The molecule has 0 spiro atoms. The number of nitrogens with zero attached hydrogens (tertiary/aromatic N) is 4. The van der Waals surface area contributed by atoms with E-state index >= 15 is 0 Å². The summed E-state index contributed by atoms with van der Waals surface area (Å²) >= 11 is 0. The zero-order valence-corrected chi connectivity index (χ0v) is 14.4. The van der Waals surface area contributed by atoms with Crippen LogP contribution >= 0.6 is 0 Å². The Hall–Kier alpha value is -2.02. The van der Waals surface area contributed by atoms with Crippen LogP contribution in [0.5, 0.6) is 0 Å². The zero-order valence-electron chi connectivity index (χ0n) is 14.4. The van der Waals surface area contributed by atoms with Gasteiger partial charge in [0.05, 0.1) is 18.6 Å². The van der Waals surface area contributed by atoms with Gasteiger partial charge in [0.2, 0.25) is 5.91 Å². The van der Waals surface area contributed by atoms with Crippen LogP contribution < -0.4 is 4.90 Å². The van der Waals surface area contributed by atoms with Gasteiger partial charge in [-0.15, -0.1) is 0 Å². The number of carbonyl (C=O) groups is 1. The second kappa shape index (κ2) is 6.37. The largest absolute Gasteiger partial charge is 0.381 e. The van der Waals surface area contributed by atoms with Gasteiger partial charge in [-0.2, -0.15) is 0 Å². The van der Waals surface area contributed by atoms with E-state index in [2.05, 4.69) is 14.9 Å². The Bertz CT molecular complexity index is 710. The number of hydrogen-bond acceptors (Lipinski definition) is 5. The van der Waals surface area contributed by atoms with Crippen molar-refractivity contribution < 1.29 is 13.9 Å². The molecule has 7 heteroatoms. The zero-order chi connectivity index (χ0) is 17.4. The molecule has 0 saturated carbocycles. The first-order valence-electron chi connectivity index (χ1n) is 8.85. The minimum Gasteiger partial charge on any atom is -0.381 e. The number of aryl methyl sites for hydroxylation is 1. The van der Waals surface area contributed by atoms with Crippen molar-refractivity contribution in [1.82, 2.24) is 14.9 Å². The van der Waals surface area contributed by atoms with E-state index in [1.807, 2.05) is 13.0 Å². The summed E-state index contributed by atoms with van der Waals surface area (Å²) in [4.78, 5) is 25.9. The molecular weight excluding hydrogens is 323 g/mol. The standard InChI is InChI=1S/C18H23FN4O2/c1-13-20-6-4-16(21-13)23-9-14-11-25-8-5-18(14,12-23)17(24)22-7-2-3-15(19)10-22/h3-4,6,14H,2,5,7-12H2,1H3. The van der Waals surface area contributed by atoms with Crippen molar-refractivity contribution in [1.29, 1.82) is 0 Å². The number of halogens is 1. The third kappa shape index (κ3) is 2.90. The fraction of sp³-hybridized carbons (Fsp3) is 0.611. The smallest absolute Gasteiger partial charge is 0.231 e. The molecule has 0 N–H and O–H groups in total. The Morgan fingerprint density at radius 2 is 2.36 bits per heavy atom. The van der Waals surface area contributed by atoms with Crippen molar-refractivity contribution in [2.75, 3.05) is 44.3 Å². The summed E-state index contributed by atoms with van der Waals surface area (Å²) in [5, 5.41) is 0. The summed E-state index contributed by atoms with van der Waals surface area (Å²) in [6.07, 6.45) is 4.59. The Kier molecular flexibility index (Phi) is 4.19. The van der Waals surface area contributed by atoms with Crippen molar-refractivity contribution >= 4 is 11.7 Å². The summed E-state index contributed by atoms with van der Waals surface area (Å²) in [5.41, 5.74) is -0.505. The monoisotopic (exact) mass is 346 g/mol. The predicted octanol–water partition coefficient (Wildman–Crippen LogP) is 1.71. The summed E-state index contributed by atoms with van der Waals surface area (Å²) in [6, 6.07) is 1.88. The van der Waals surface area contributed by atoms with Gasteiger partial charge >= 0.3 is 0 Å². The molecule has 2 saturated heterocycles. The van der Waals surface area contributed by atoms with E-state index in [-0.39, 0.29) is 24.2 Å². The quantitative estimate of drug-likeness (QED) is 0.816. The number of fused-ring (bicyclic) bond motifs is 1. The summed E-state index contributed by atoms with van der Waals surface area (Å²) in [7, 11) is 0. The average Bonchev–Trinajstić information content (AvgIpc) is 3.02. The molecule has 1 aromatic rings. The fourth-order valence-electron chi connectivity index (χ4n) is 4.29. The molecule has 2 fully saturated rings. The molecule has 4 rings (SSSR count). The second-order valence-electron chi connectivity index (χ2n) is 7.19. The molecule has 3 aliphatic heterocycles. The molecule has 134 valence electrons. The van der Waals surface area contributed by atoms with Crippen LogP contribution in [0.2, 0.25) is 0 Å². The molecule has 3 aliphatic rings. The first kappa shape index (κ1) is 16.4. The molecular formula is C18H23FN4O2. The average molecular weight is 346 g/mol. The van der Waals surface area contributed by atoms with Crippen LogP contribution in [0, 0.1) is 18.3 Å². The fourth-order valence-corrected chi connectivity index (χ4v) is 4.29. The van der Waals surface area contributed by atoms with Crippen molar-refractivity contribution in [2.45, 2.75) is 19.8 Å². The minimum atomic E-state index is -0.505. The van der Waals surface area contributed by atoms with Crippen LogP contribution in [-0.2, 0) is 9.53 Å². The van der Waals surface area contributed by atoms with E-state index in [0.29, 0.717) is 45.0 Å². The highest BCUT2D eigenvalue weighted by atomic mass is 19.1. The van der Waals surface area contributed by atoms with Gasteiger partial charge in [-0.25, -0.2) is 14.4 Å². The predicted molar refractivity (Wildman–Crippen MR) is 90.7 cm³/mol. The second-order valence-corrected chi connectivity index (χ2v) is 7.19. The molecule has 4 heterocycles. The number of ether oxygens (including phenoxy) is 1. The molecule has 0 bridgehead atoms. The van der Waals surface area contributed by atoms with Gasteiger partial charge in [0.1, 0.15) is 17.5 Å². The topological polar surface area (TPSA) is 58.6 Å². The van der Waals surface area contributed by atoms with Crippen LogP contribution in [-0.4, -0.2) is 60.2 Å². The maximum Gasteiger partial charge on any atom is 0.231 e. The van der Waals surface area contributed by atoms with Crippen LogP contribution in [0.4, 0.5) is 10.2 Å². The lowest BCUT2D eigenvalue weighted by molar-refractivity contribution is -0.150. The third-order valence-electron chi connectivity index (χ3n) is 5.61. The van der Waals surface area contributed by atoms with Gasteiger partial charge < -0.3 is 14.5 Å². The summed E-state index contributed by atoms with van der Waals surface area (Å²) in [6.45, 7) is 5.03. The highest BCUT2D eigenvalue weighted by molar-refractivity contribution is 5.85. The Morgan fingerprint density at radius 1 is 1.48 bits per heavy atom. The van der Waals surface area contributed by atoms with Crippen LogP contribution in [0.25, 0.3) is 0 Å². The van der Waals surface area contributed by atoms with Crippen LogP contribution in [0.15, 0.2) is 24.2 Å². The van der Waals surface area contributed by atoms with Crippen molar-refractivity contribution in [3.63, 3.8) is 0 Å². The number of amides is 1. The number of hydrogen-bond donors (Lipinski definition) is 0. The number of aromatic nitrogens is 2. The van der Waals surface area contributed by atoms with Crippen molar-refractivity contribution in [3.05, 3.63) is 30.0 Å². The van der Waals surface area contributed by atoms with Gasteiger partial charge in [0.25, 0.3) is 0 Å². The molecule has 1 aromatic heterocycles. The van der Waals surface area contributed by atoms with E-state index in [9.17, 15) is 9.18 Å².